The fourth-order valence-electron chi connectivity index (χ4n) is 8.97. The number of furan rings is 2. The van der Waals surface area contributed by atoms with E-state index in [1.54, 1.807) is 0 Å². The number of hydrogen-bond donors (Lipinski definition) is 0. The average Bonchev–Trinajstić information content (AvgIpc) is 3.83. The van der Waals surface area contributed by atoms with Crippen LogP contribution in [0.25, 0.3) is 65.4 Å². The molecule has 0 N–H and O–H groups in total. The van der Waals surface area contributed by atoms with E-state index >= 15 is 0 Å². The zero-order chi connectivity index (χ0) is 41.4. The molecule has 9 aromatic carbocycles. The van der Waals surface area contributed by atoms with Crippen LogP contribution in [0.5, 0.6) is 0 Å². The molecule has 0 atom stereocenters. The van der Waals surface area contributed by atoms with Crippen LogP contribution in [-0.4, -0.2) is 0 Å². The third kappa shape index (κ3) is 6.38. The summed E-state index contributed by atoms with van der Waals surface area (Å²) in [6, 6.07) is 65.7. The van der Waals surface area contributed by atoms with E-state index in [9.17, 15) is 0 Å². The minimum Gasteiger partial charge on any atom is -0.452 e. The summed E-state index contributed by atoms with van der Waals surface area (Å²) in [6.07, 6.45) is 0. The van der Waals surface area contributed by atoms with Crippen LogP contribution >= 0.6 is 0 Å². The van der Waals surface area contributed by atoms with Crippen LogP contribution in [0.2, 0.25) is 0 Å². The van der Waals surface area contributed by atoms with Crippen LogP contribution in [0.15, 0.2) is 191 Å². The first-order chi connectivity index (χ1) is 29.7. The minimum absolute atomic E-state index is 0.0788. The van der Waals surface area contributed by atoms with Gasteiger partial charge in [0.1, 0.15) is 11.2 Å². The Hall–Kier alpha value is -7.30. The summed E-state index contributed by atoms with van der Waals surface area (Å²) < 4.78 is 13.5. The Bertz CT molecular complexity index is 3410. The molecule has 0 fully saturated rings. The molecule has 11 aromatic rings. The maximum atomic E-state index is 6.77. The zero-order valence-electron chi connectivity index (χ0n) is 35.1. The van der Waals surface area contributed by atoms with Gasteiger partial charge in [-0.15, -0.1) is 0 Å². The number of nitrogens with zero attached hydrogens (tertiary/aromatic N) is 2. The third-order valence-electron chi connectivity index (χ3n) is 12.3. The molecule has 4 nitrogen and oxygen atoms in total. The molecule has 0 unspecified atom stereocenters. The van der Waals surface area contributed by atoms with E-state index in [0.717, 1.165) is 99.5 Å². The fourth-order valence-corrected chi connectivity index (χ4v) is 8.97. The first-order valence-electron chi connectivity index (χ1n) is 21.3. The standard InChI is InChI=1S/C57H46N2O2/c1-36(2)37-16-22-45(23-17-37)58(43-12-8-6-9-13-43)47-24-18-38-32-51-49-28-29-50-52-33-39-19-25-48(31-41(39)35-54(52)61-56(50)55(49)60-53(51)34-40(38)30-47)59(44-14-10-7-11-15-44)46-26-20-42(21-27-46)57(3,4)5/h6-36H,1-5H3. The van der Waals surface area contributed by atoms with Gasteiger partial charge in [0.15, 0.2) is 11.2 Å². The van der Waals surface area contributed by atoms with Crippen LogP contribution < -0.4 is 9.80 Å². The summed E-state index contributed by atoms with van der Waals surface area (Å²) in [5.74, 6) is 0.472. The summed E-state index contributed by atoms with van der Waals surface area (Å²) in [4.78, 5) is 4.64. The van der Waals surface area contributed by atoms with Gasteiger partial charge >= 0.3 is 0 Å². The van der Waals surface area contributed by atoms with Gasteiger partial charge in [-0.05, 0) is 153 Å². The van der Waals surface area contributed by atoms with Gasteiger partial charge in [0.2, 0.25) is 0 Å². The van der Waals surface area contributed by atoms with Crippen molar-refractivity contribution < 1.29 is 8.83 Å². The quantitative estimate of drug-likeness (QED) is 0.161. The van der Waals surface area contributed by atoms with Gasteiger partial charge in [0.05, 0.1) is 0 Å². The number of fused-ring (bicyclic) bond motifs is 9. The molecule has 0 aliphatic rings. The lowest BCUT2D eigenvalue weighted by Crippen LogP contribution is -2.13. The smallest absolute Gasteiger partial charge is 0.178 e. The first kappa shape index (κ1) is 36.8. The highest BCUT2D eigenvalue weighted by atomic mass is 16.4. The number of para-hydroxylation sites is 2. The molecule has 11 rings (SSSR count). The van der Waals surface area contributed by atoms with Crippen molar-refractivity contribution in [2.24, 2.45) is 0 Å². The molecule has 2 heterocycles. The summed E-state index contributed by atoms with van der Waals surface area (Å²) >= 11 is 0. The number of rotatable bonds is 7. The molecule has 0 aliphatic carbocycles. The van der Waals surface area contributed by atoms with Gasteiger partial charge in [-0.3, -0.25) is 0 Å². The van der Waals surface area contributed by atoms with Crippen LogP contribution in [0.4, 0.5) is 34.1 Å². The predicted octanol–water partition coefficient (Wildman–Crippen LogP) is 17.2. The number of benzene rings is 9. The van der Waals surface area contributed by atoms with E-state index in [-0.39, 0.29) is 5.41 Å². The highest BCUT2D eigenvalue weighted by molar-refractivity contribution is 6.21. The van der Waals surface area contributed by atoms with Crippen LogP contribution in [0, 0.1) is 0 Å². The van der Waals surface area contributed by atoms with Gasteiger partial charge in [-0.25, -0.2) is 0 Å². The lowest BCUT2D eigenvalue weighted by molar-refractivity contribution is 0.590. The van der Waals surface area contributed by atoms with E-state index in [0.29, 0.717) is 5.92 Å². The average molecular weight is 791 g/mol. The van der Waals surface area contributed by atoms with Gasteiger partial charge < -0.3 is 18.6 Å². The molecule has 0 aliphatic heterocycles. The Morgan fingerprint density at radius 1 is 0.377 bits per heavy atom. The number of hydrogen-bond acceptors (Lipinski definition) is 4. The van der Waals surface area contributed by atoms with Crippen molar-refractivity contribution in [2.45, 2.75) is 46.0 Å². The molecule has 0 spiro atoms. The summed E-state index contributed by atoms with van der Waals surface area (Å²) in [5, 5.41) is 8.78. The molecular formula is C57H46N2O2. The SMILES string of the molecule is CC(C)c1ccc(N(c2ccccc2)c2ccc3cc4c(cc3c2)oc2c4ccc3c4cc5ccc(N(c6ccccc6)c6ccc(C(C)(C)C)cc6)cc5cc4oc32)cc1. The van der Waals surface area contributed by atoms with Crippen molar-refractivity contribution in [2.75, 3.05) is 9.80 Å². The van der Waals surface area contributed by atoms with Crippen LogP contribution in [-0.2, 0) is 5.41 Å². The Morgan fingerprint density at radius 3 is 1.21 bits per heavy atom. The Labute approximate surface area is 355 Å². The van der Waals surface area contributed by atoms with Crippen molar-refractivity contribution >= 4 is 99.5 Å². The van der Waals surface area contributed by atoms with E-state index in [1.807, 2.05) is 0 Å². The van der Waals surface area contributed by atoms with Crippen molar-refractivity contribution in [3.05, 3.63) is 193 Å². The van der Waals surface area contributed by atoms with E-state index < -0.39 is 0 Å². The van der Waals surface area contributed by atoms with E-state index in [4.69, 9.17) is 8.83 Å². The molecule has 4 heteroatoms. The zero-order valence-corrected chi connectivity index (χ0v) is 35.1. The molecule has 296 valence electrons. The van der Waals surface area contributed by atoms with Crippen molar-refractivity contribution in [1.82, 2.24) is 0 Å². The maximum Gasteiger partial charge on any atom is 0.178 e. The van der Waals surface area contributed by atoms with E-state index in [2.05, 4.69) is 226 Å². The van der Waals surface area contributed by atoms with E-state index in [1.165, 1.54) is 11.1 Å². The van der Waals surface area contributed by atoms with Crippen molar-refractivity contribution in [3.8, 4) is 0 Å². The molecule has 61 heavy (non-hydrogen) atoms. The van der Waals surface area contributed by atoms with Gasteiger partial charge in [-0.2, -0.15) is 0 Å². The Kier molecular flexibility index (Phi) is 8.54. The molecule has 0 radical (unpaired) electrons. The monoisotopic (exact) mass is 790 g/mol. The van der Waals surface area contributed by atoms with Crippen molar-refractivity contribution in [3.63, 3.8) is 0 Å². The van der Waals surface area contributed by atoms with Gasteiger partial charge in [0, 0.05) is 55.7 Å². The lowest BCUT2D eigenvalue weighted by Gasteiger charge is -2.27. The topological polar surface area (TPSA) is 32.8 Å². The Balaban J connectivity index is 1.00. The molecule has 0 bridgehead atoms. The Morgan fingerprint density at radius 2 is 0.787 bits per heavy atom. The lowest BCUT2D eigenvalue weighted by atomic mass is 9.87. The fraction of sp³-hybridized carbons (Fsp3) is 0.123. The minimum atomic E-state index is 0.0788. The summed E-state index contributed by atoms with van der Waals surface area (Å²) in [5.41, 5.74) is 12.6. The molecule has 0 saturated heterocycles. The van der Waals surface area contributed by atoms with Gasteiger partial charge in [0.25, 0.3) is 0 Å². The molecule has 0 amide bonds. The number of anilines is 6. The molecule has 0 saturated carbocycles. The highest BCUT2D eigenvalue weighted by Gasteiger charge is 2.21. The van der Waals surface area contributed by atoms with Crippen LogP contribution in [0.3, 0.4) is 0 Å². The van der Waals surface area contributed by atoms with Crippen molar-refractivity contribution in [1.29, 1.82) is 0 Å². The highest BCUT2D eigenvalue weighted by Crippen LogP contribution is 2.44. The van der Waals surface area contributed by atoms with Gasteiger partial charge in [-0.1, -0.05) is 107 Å². The van der Waals surface area contributed by atoms with Crippen LogP contribution in [0.1, 0.15) is 51.7 Å². The largest absolute Gasteiger partial charge is 0.452 e. The maximum absolute atomic E-state index is 6.77. The predicted molar refractivity (Wildman–Crippen MR) is 258 cm³/mol. The molecule has 2 aromatic heterocycles. The second-order valence-electron chi connectivity index (χ2n) is 17.7. The first-order valence-corrected chi connectivity index (χ1v) is 21.3. The summed E-state index contributed by atoms with van der Waals surface area (Å²) in [7, 11) is 0. The third-order valence-corrected chi connectivity index (χ3v) is 12.3. The second-order valence-corrected chi connectivity index (χ2v) is 17.7. The summed E-state index contributed by atoms with van der Waals surface area (Å²) in [6.45, 7) is 11.2. The molecular weight excluding hydrogens is 745 g/mol. The second kappa shape index (κ2) is 14.2. The normalized spacial score (nSPS) is 12.2.